The highest BCUT2D eigenvalue weighted by Gasteiger charge is 2.21. The van der Waals surface area contributed by atoms with Crippen molar-refractivity contribution in [3.63, 3.8) is 0 Å². The van der Waals surface area contributed by atoms with Crippen LogP contribution >= 0.6 is 0 Å². The lowest BCUT2D eigenvalue weighted by Gasteiger charge is -2.38. The van der Waals surface area contributed by atoms with Crippen LogP contribution in [-0.2, 0) is 0 Å². The fourth-order valence-electron chi connectivity index (χ4n) is 1.91. The first-order valence-electron chi connectivity index (χ1n) is 5.38. The van der Waals surface area contributed by atoms with Crippen molar-refractivity contribution >= 4 is 6.72 Å². The minimum absolute atomic E-state index is 0.582. The summed E-state index contributed by atoms with van der Waals surface area (Å²) in [4.78, 5) is 8.80. The first kappa shape index (κ1) is 12.1. The Balaban J connectivity index is 2.53. The number of aliphatic imine (C=N–C) groups is 1. The maximum atomic E-state index is 4.01. The Kier molecular flexibility index (Phi) is 4.72. The topological polar surface area (TPSA) is 18.8 Å². The molecule has 0 aromatic carbocycles. The van der Waals surface area contributed by atoms with Gasteiger partial charge >= 0.3 is 0 Å². The van der Waals surface area contributed by atoms with Crippen LogP contribution in [0.1, 0.15) is 6.92 Å². The normalized spacial score (nSPS) is 25.2. The molecule has 1 atom stereocenters. The molecule has 3 heteroatoms. The minimum atomic E-state index is 0.582. The second-order valence-electron chi connectivity index (χ2n) is 4.13. The highest BCUT2D eigenvalue weighted by Crippen LogP contribution is 2.10. The third-order valence-electron chi connectivity index (χ3n) is 2.85. The van der Waals surface area contributed by atoms with Gasteiger partial charge in [0.1, 0.15) is 0 Å². The fourth-order valence-corrected chi connectivity index (χ4v) is 1.91. The van der Waals surface area contributed by atoms with Crippen LogP contribution in [0, 0.1) is 0 Å². The third kappa shape index (κ3) is 3.61. The quantitative estimate of drug-likeness (QED) is 0.512. The molecule has 0 aliphatic carbocycles. The van der Waals surface area contributed by atoms with Gasteiger partial charge in [0.2, 0.25) is 0 Å². The van der Waals surface area contributed by atoms with Crippen molar-refractivity contribution in [2.24, 2.45) is 4.99 Å². The molecular formula is C12H21N3. The summed E-state index contributed by atoms with van der Waals surface area (Å²) in [6.45, 7) is 13.7. The van der Waals surface area contributed by atoms with E-state index in [1.807, 2.05) is 6.08 Å². The number of rotatable bonds is 4. The molecule has 1 unspecified atom stereocenters. The predicted octanol–water partition coefficient (Wildman–Crippen LogP) is 1.39. The highest BCUT2D eigenvalue weighted by atomic mass is 15.3. The molecule has 0 bridgehead atoms. The van der Waals surface area contributed by atoms with Gasteiger partial charge in [-0.25, -0.2) is 0 Å². The van der Waals surface area contributed by atoms with E-state index in [0.717, 1.165) is 31.9 Å². The van der Waals surface area contributed by atoms with Crippen LogP contribution in [0.3, 0.4) is 0 Å². The summed E-state index contributed by atoms with van der Waals surface area (Å²) >= 11 is 0. The zero-order valence-electron chi connectivity index (χ0n) is 9.82. The predicted molar refractivity (Wildman–Crippen MR) is 66.4 cm³/mol. The molecule has 0 spiro atoms. The number of likely N-dealkylation sites (N-methyl/N-ethyl adjacent to an activating group) is 1. The first-order valence-corrected chi connectivity index (χ1v) is 5.38. The lowest BCUT2D eigenvalue weighted by atomic mass is 10.2. The fraction of sp³-hybridized carbons (Fsp3) is 0.583. The molecule has 1 saturated heterocycles. The van der Waals surface area contributed by atoms with E-state index in [1.165, 1.54) is 0 Å². The Bertz CT molecular complexity index is 258. The molecule has 1 aliphatic rings. The average Bonchev–Trinajstić information content (AvgIpc) is 2.21. The molecule has 1 aliphatic heterocycles. The SMILES string of the molecule is C=C/C=C(/CN1CCN(C)CC1C)N=C. The van der Waals surface area contributed by atoms with Crippen LogP contribution in [0.25, 0.3) is 0 Å². The lowest BCUT2D eigenvalue weighted by Crippen LogP contribution is -2.50. The minimum Gasteiger partial charge on any atom is -0.304 e. The molecule has 15 heavy (non-hydrogen) atoms. The Labute approximate surface area is 92.8 Å². The second-order valence-corrected chi connectivity index (χ2v) is 4.13. The van der Waals surface area contributed by atoms with Gasteiger partial charge < -0.3 is 4.90 Å². The van der Waals surface area contributed by atoms with Crippen LogP contribution in [-0.4, -0.2) is 55.8 Å². The molecule has 3 nitrogen and oxygen atoms in total. The summed E-state index contributed by atoms with van der Waals surface area (Å²) in [6.07, 6.45) is 3.70. The van der Waals surface area contributed by atoms with Crippen LogP contribution in [0.5, 0.6) is 0 Å². The molecule has 0 aromatic rings. The molecule has 0 saturated carbocycles. The van der Waals surface area contributed by atoms with Crippen LogP contribution < -0.4 is 0 Å². The van der Waals surface area contributed by atoms with Gasteiger partial charge in [-0.2, -0.15) is 0 Å². The van der Waals surface area contributed by atoms with Crippen molar-refractivity contribution in [1.29, 1.82) is 0 Å². The van der Waals surface area contributed by atoms with Crippen molar-refractivity contribution < 1.29 is 0 Å². The Morgan fingerprint density at radius 1 is 1.53 bits per heavy atom. The van der Waals surface area contributed by atoms with Gasteiger partial charge in [-0.15, -0.1) is 0 Å². The van der Waals surface area contributed by atoms with E-state index >= 15 is 0 Å². The van der Waals surface area contributed by atoms with Gasteiger partial charge in [-0.1, -0.05) is 12.7 Å². The van der Waals surface area contributed by atoms with Crippen LogP contribution in [0.2, 0.25) is 0 Å². The van der Waals surface area contributed by atoms with E-state index < -0.39 is 0 Å². The summed E-state index contributed by atoms with van der Waals surface area (Å²) in [5.74, 6) is 0. The molecule has 1 fully saturated rings. The van der Waals surface area contributed by atoms with E-state index in [9.17, 15) is 0 Å². The summed E-state index contributed by atoms with van der Waals surface area (Å²) in [5.41, 5.74) is 1.00. The van der Waals surface area contributed by atoms with E-state index in [-0.39, 0.29) is 0 Å². The number of hydrogen-bond donors (Lipinski definition) is 0. The summed E-state index contributed by atoms with van der Waals surface area (Å²) in [7, 11) is 2.17. The molecular weight excluding hydrogens is 186 g/mol. The highest BCUT2D eigenvalue weighted by molar-refractivity contribution is 5.30. The Morgan fingerprint density at radius 3 is 2.80 bits per heavy atom. The van der Waals surface area contributed by atoms with Crippen molar-refractivity contribution in [1.82, 2.24) is 9.80 Å². The Hall–Kier alpha value is -0.930. The summed E-state index contributed by atoms with van der Waals surface area (Å²) in [6, 6.07) is 0.582. The largest absolute Gasteiger partial charge is 0.304 e. The maximum Gasteiger partial charge on any atom is 0.0536 e. The summed E-state index contributed by atoms with van der Waals surface area (Å²) < 4.78 is 0. The van der Waals surface area contributed by atoms with Gasteiger partial charge in [0.05, 0.1) is 5.70 Å². The van der Waals surface area contributed by atoms with Crippen LogP contribution in [0.4, 0.5) is 0 Å². The van der Waals surface area contributed by atoms with Crippen LogP contribution in [0.15, 0.2) is 29.4 Å². The van der Waals surface area contributed by atoms with Gasteiger partial charge in [0, 0.05) is 32.2 Å². The molecule has 0 amide bonds. The molecule has 1 rings (SSSR count). The molecule has 0 radical (unpaired) electrons. The maximum absolute atomic E-state index is 4.01. The van der Waals surface area contributed by atoms with E-state index in [2.05, 4.69) is 42.1 Å². The molecule has 84 valence electrons. The van der Waals surface area contributed by atoms with Crippen molar-refractivity contribution in [2.75, 3.05) is 33.2 Å². The Morgan fingerprint density at radius 2 is 2.27 bits per heavy atom. The third-order valence-corrected chi connectivity index (χ3v) is 2.85. The van der Waals surface area contributed by atoms with E-state index in [4.69, 9.17) is 0 Å². The molecule has 0 aromatic heterocycles. The average molecular weight is 207 g/mol. The monoisotopic (exact) mass is 207 g/mol. The second kappa shape index (κ2) is 5.83. The van der Waals surface area contributed by atoms with Crippen molar-refractivity contribution in [3.05, 3.63) is 24.4 Å². The van der Waals surface area contributed by atoms with E-state index in [0.29, 0.717) is 6.04 Å². The van der Waals surface area contributed by atoms with Gasteiger partial charge in [-0.3, -0.25) is 9.89 Å². The van der Waals surface area contributed by atoms with Crippen molar-refractivity contribution in [3.8, 4) is 0 Å². The zero-order chi connectivity index (χ0) is 11.3. The number of piperazine rings is 1. The zero-order valence-corrected chi connectivity index (χ0v) is 9.82. The summed E-state index contributed by atoms with van der Waals surface area (Å²) in [5, 5.41) is 0. The molecule has 0 N–H and O–H groups in total. The van der Waals surface area contributed by atoms with Gasteiger partial charge in [-0.05, 0) is 26.8 Å². The standard InChI is InChI=1S/C12H21N3/c1-5-6-12(13-3)10-15-8-7-14(4)9-11(15)2/h5-6,11H,1,3,7-10H2,2,4H3/b12-6-. The van der Waals surface area contributed by atoms with E-state index in [1.54, 1.807) is 6.08 Å². The lowest BCUT2D eigenvalue weighted by molar-refractivity contribution is 0.109. The number of allylic oxidation sites excluding steroid dienone is 2. The number of hydrogen-bond acceptors (Lipinski definition) is 3. The van der Waals surface area contributed by atoms with Gasteiger partial charge in [0.25, 0.3) is 0 Å². The molecule has 1 heterocycles. The number of nitrogens with zero attached hydrogens (tertiary/aromatic N) is 3. The smallest absolute Gasteiger partial charge is 0.0536 e. The first-order chi connectivity index (χ1) is 7.17. The van der Waals surface area contributed by atoms with Gasteiger partial charge in [0.15, 0.2) is 0 Å². The van der Waals surface area contributed by atoms with Crippen molar-refractivity contribution in [2.45, 2.75) is 13.0 Å².